The predicted octanol–water partition coefficient (Wildman–Crippen LogP) is 4.10. The van der Waals surface area contributed by atoms with E-state index in [2.05, 4.69) is 31.1 Å². The Balaban J connectivity index is 2.31. The standard InChI is InChI=1S/C16H28N2O/c1-4-6-7-8-9-12-19-16-13-15(10-11-18-16)14(3)17-5-2/h10-11,13-14,17H,4-9,12H2,1-3H3. The van der Waals surface area contributed by atoms with Crippen LogP contribution in [0, 0.1) is 0 Å². The van der Waals surface area contributed by atoms with Crippen LogP contribution in [-0.2, 0) is 0 Å². The molecular formula is C16H28N2O. The van der Waals surface area contributed by atoms with Gasteiger partial charge in [-0.3, -0.25) is 0 Å². The molecule has 0 amide bonds. The lowest BCUT2D eigenvalue weighted by Crippen LogP contribution is -2.17. The van der Waals surface area contributed by atoms with Gasteiger partial charge in [-0.1, -0.05) is 39.5 Å². The lowest BCUT2D eigenvalue weighted by Gasteiger charge is -2.13. The molecule has 0 saturated carbocycles. The summed E-state index contributed by atoms with van der Waals surface area (Å²) in [5.41, 5.74) is 1.23. The highest BCUT2D eigenvalue weighted by molar-refractivity contribution is 5.23. The zero-order chi connectivity index (χ0) is 13.9. The molecule has 19 heavy (non-hydrogen) atoms. The first-order valence-corrected chi connectivity index (χ1v) is 7.60. The van der Waals surface area contributed by atoms with Crippen LogP contribution in [0.15, 0.2) is 18.3 Å². The van der Waals surface area contributed by atoms with Crippen LogP contribution < -0.4 is 10.1 Å². The zero-order valence-electron chi connectivity index (χ0n) is 12.6. The Morgan fingerprint density at radius 3 is 2.74 bits per heavy atom. The Morgan fingerprint density at radius 2 is 2.00 bits per heavy atom. The van der Waals surface area contributed by atoms with Gasteiger partial charge in [0.25, 0.3) is 0 Å². The van der Waals surface area contributed by atoms with Gasteiger partial charge in [-0.2, -0.15) is 0 Å². The summed E-state index contributed by atoms with van der Waals surface area (Å²) in [4.78, 5) is 4.27. The minimum atomic E-state index is 0.347. The van der Waals surface area contributed by atoms with Crippen molar-refractivity contribution in [2.45, 2.75) is 58.9 Å². The van der Waals surface area contributed by atoms with Gasteiger partial charge in [0.2, 0.25) is 5.88 Å². The van der Waals surface area contributed by atoms with Crippen LogP contribution in [-0.4, -0.2) is 18.1 Å². The van der Waals surface area contributed by atoms with Crippen molar-refractivity contribution in [3.63, 3.8) is 0 Å². The smallest absolute Gasteiger partial charge is 0.213 e. The number of hydrogen-bond acceptors (Lipinski definition) is 3. The maximum atomic E-state index is 5.72. The number of pyridine rings is 1. The first kappa shape index (κ1) is 16.0. The molecule has 1 heterocycles. The lowest BCUT2D eigenvalue weighted by molar-refractivity contribution is 0.293. The second-order valence-corrected chi connectivity index (χ2v) is 4.97. The van der Waals surface area contributed by atoms with Gasteiger partial charge < -0.3 is 10.1 Å². The van der Waals surface area contributed by atoms with Crippen LogP contribution in [0.5, 0.6) is 5.88 Å². The molecule has 1 atom stereocenters. The van der Waals surface area contributed by atoms with E-state index in [4.69, 9.17) is 4.74 Å². The highest BCUT2D eigenvalue weighted by Gasteiger charge is 2.05. The third-order valence-electron chi connectivity index (χ3n) is 3.27. The van der Waals surface area contributed by atoms with Gasteiger partial charge in [0, 0.05) is 18.3 Å². The van der Waals surface area contributed by atoms with Crippen molar-refractivity contribution < 1.29 is 4.74 Å². The minimum absolute atomic E-state index is 0.347. The molecule has 0 aliphatic rings. The van der Waals surface area contributed by atoms with Crippen molar-refractivity contribution in [1.82, 2.24) is 10.3 Å². The fraction of sp³-hybridized carbons (Fsp3) is 0.688. The SMILES string of the molecule is CCCCCCCOc1cc(C(C)NCC)ccn1. The summed E-state index contributed by atoms with van der Waals surface area (Å²) in [6, 6.07) is 4.43. The monoisotopic (exact) mass is 264 g/mol. The van der Waals surface area contributed by atoms with Gasteiger partial charge in [0.15, 0.2) is 0 Å². The third kappa shape index (κ3) is 6.58. The summed E-state index contributed by atoms with van der Waals surface area (Å²) in [5, 5.41) is 3.40. The number of rotatable bonds is 10. The quantitative estimate of drug-likeness (QED) is 0.646. The molecule has 0 aliphatic carbocycles. The van der Waals surface area contributed by atoms with Crippen LogP contribution in [0.1, 0.15) is 64.5 Å². The van der Waals surface area contributed by atoms with Crippen molar-refractivity contribution in [1.29, 1.82) is 0 Å². The number of unbranched alkanes of at least 4 members (excludes halogenated alkanes) is 4. The number of aromatic nitrogens is 1. The van der Waals surface area contributed by atoms with Crippen LogP contribution in [0.25, 0.3) is 0 Å². The highest BCUT2D eigenvalue weighted by atomic mass is 16.5. The van der Waals surface area contributed by atoms with Gasteiger partial charge >= 0.3 is 0 Å². The van der Waals surface area contributed by atoms with Gasteiger partial charge in [0.1, 0.15) is 0 Å². The van der Waals surface area contributed by atoms with E-state index < -0.39 is 0 Å². The summed E-state index contributed by atoms with van der Waals surface area (Å²) in [5.74, 6) is 0.748. The third-order valence-corrected chi connectivity index (χ3v) is 3.27. The summed E-state index contributed by atoms with van der Waals surface area (Å²) in [6.07, 6.45) is 8.12. The molecule has 1 rings (SSSR count). The first-order valence-electron chi connectivity index (χ1n) is 7.60. The molecule has 1 N–H and O–H groups in total. The normalized spacial score (nSPS) is 12.4. The van der Waals surface area contributed by atoms with E-state index in [0.29, 0.717) is 6.04 Å². The molecule has 0 fully saturated rings. The second kappa shape index (κ2) is 9.79. The molecule has 1 unspecified atom stereocenters. The summed E-state index contributed by atoms with van der Waals surface area (Å²) in [7, 11) is 0. The highest BCUT2D eigenvalue weighted by Crippen LogP contribution is 2.16. The Morgan fingerprint density at radius 1 is 1.21 bits per heavy atom. The predicted molar refractivity (Wildman–Crippen MR) is 80.6 cm³/mol. The van der Waals surface area contributed by atoms with E-state index in [1.165, 1.54) is 31.2 Å². The van der Waals surface area contributed by atoms with Crippen LogP contribution in [0.3, 0.4) is 0 Å². The summed E-state index contributed by atoms with van der Waals surface area (Å²) in [6.45, 7) is 8.25. The molecule has 0 aromatic carbocycles. The summed E-state index contributed by atoms with van der Waals surface area (Å²) < 4.78 is 5.72. The van der Waals surface area contributed by atoms with Crippen molar-refractivity contribution in [2.24, 2.45) is 0 Å². The molecule has 0 saturated heterocycles. The Hall–Kier alpha value is -1.09. The first-order chi connectivity index (χ1) is 9.27. The average molecular weight is 264 g/mol. The van der Waals surface area contributed by atoms with E-state index in [1.807, 2.05) is 18.3 Å². The van der Waals surface area contributed by atoms with Crippen molar-refractivity contribution >= 4 is 0 Å². The Kier molecular flexibility index (Phi) is 8.23. The van der Waals surface area contributed by atoms with Gasteiger partial charge in [-0.15, -0.1) is 0 Å². The number of nitrogens with zero attached hydrogens (tertiary/aromatic N) is 1. The number of nitrogens with one attached hydrogen (secondary N) is 1. The molecule has 0 bridgehead atoms. The molecule has 3 heteroatoms. The fourth-order valence-electron chi connectivity index (χ4n) is 2.08. The molecule has 1 aromatic heterocycles. The topological polar surface area (TPSA) is 34.1 Å². The van der Waals surface area contributed by atoms with Gasteiger partial charge in [-0.25, -0.2) is 4.98 Å². The molecule has 0 radical (unpaired) electrons. The fourth-order valence-corrected chi connectivity index (χ4v) is 2.08. The molecule has 1 aromatic rings. The van der Waals surface area contributed by atoms with E-state index in [1.54, 1.807) is 0 Å². The largest absolute Gasteiger partial charge is 0.478 e. The number of ether oxygens (including phenoxy) is 1. The summed E-state index contributed by atoms with van der Waals surface area (Å²) >= 11 is 0. The maximum absolute atomic E-state index is 5.72. The Labute approximate surface area is 117 Å². The molecule has 0 spiro atoms. The van der Waals surface area contributed by atoms with E-state index in [-0.39, 0.29) is 0 Å². The van der Waals surface area contributed by atoms with Crippen molar-refractivity contribution in [3.8, 4) is 5.88 Å². The van der Waals surface area contributed by atoms with Gasteiger partial charge in [-0.05, 0) is 31.5 Å². The molecule has 108 valence electrons. The zero-order valence-corrected chi connectivity index (χ0v) is 12.6. The average Bonchev–Trinajstić information content (AvgIpc) is 2.43. The van der Waals surface area contributed by atoms with Crippen LogP contribution in [0.2, 0.25) is 0 Å². The second-order valence-electron chi connectivity index (χ2n) is 4.97. The maximum Gasteiger partial charge on any atom is 0.213 e. The Bertz CT molecular complexity index is 341. The molecular weight excluding hydrogens is 236 g/mol. The van der Waals surface area contributed by atoms with Crippen molar-refractivity contribution in [3.05, 3.63) is 23.9 Å². The molecule has 3 nitrogen and oxygen atoms in total. The van der Waals surface area contributed by atoms with Gasteiger partial charge in [0.05, 0.1) is 6.61 Å². The molecule has 0 aliphatic heterocycles. The van der Waals surface area contributed by atoms with E-state index >= 15 is 0 Å². The van der Waals surface area contributed by atoms with Crippen LogP contribution >= 0.6 is 0 Å². The lowest BCUT2D eigenvalue weighted by atomic mass is 10.1. The minimum Gasteiger partial charge on any atom is -0.478 e. The van der Waals surface area contributed by atoms with Crippen molar-refractivity contribution in [2.75, 3.05) is 13.2 Å². The number of hydrogen-bond donors (Lipinski definition) is 1. The van der Waals surface area contributed by atoms with E-state index in [0.717, 1.165) is 25.5 Å². The van der Waals surface area contributed by atoms with E-state index in [9.17, 15) is 0 Å². The van der Waals surface area contributed by atoms with Crippen LogP contribution in [0.4, 0.5) is 0 Å².